The van der Waals surface area contributed by atoms with Crippen LogP contribution < -0.4 is 10.2 Å². The van der Waals surface area contributed by atoms with Gasteiger partial charge in [0.15, 0.2) is 5.16 Å². The van der Waals surface area contributed by atoms with E-state index >= 15 is 0 Å². The van der Waals surface area contributed by atoms with E-state index in [4.69, 9.17) is 21.3 Å². The van der Waals surface area contributed by atoms with E-state index in [1.165, 1.54) is 19.3 Å². The summed E-state index contributed by atoms with van der Waals surface area (Å²) in [4.78, 5) is 26.1. The number of anilines is 1. The van der Waals surface area contributed by atoms with Crippen molar-refractivity contribution < 1.29 is 9.53 Å². The molecule has 0 radical (unpaired) electrons. The number of halogens is 1. The maximum Gasteiger partial charge on any atom is 0.251 e. The van der Waals surface area contributed by atoms with Crippen molar-refractivity contribution in [3.05, 3.63) is 46.6 Å². The zero-order valence-electron chi connectivity index (χ0n) is 18.3. The van der Waals surface area contributed by atoms with Crippen LogP contribution in [0.2, 0.25) is 5.15 Å². The van der Waals surface area contributed by atoms with Crippen molar-refractivity contribution in [2.45, 2.75) is 30.2 Å². The number of hydrogen-bond acceptors (Lipinski definition) is 7. The molecular weight excluding hydrogens is 446 g/mol. The molecule has 9 heteroatoms. The number of benzene rings is 1. The highest BCUT2D eigenvalue weighted by atomic mass is 35.5. The smallest absolute Gasteiger partial charge is 0.251 e. The Bertz CT molecular complexity index is 886. The standard InChI is InChI=1S/C23H30ClN5O2S/c24-20-16-21(29-9-2-1-3-10-29)27-23(26-20)32-17-18-4-6-19(7-5-18)22(30)25-8-11-28-12-14-31-15-13-28/h4-7,16H,1-3,8-15,17H2,(H,25,30). The molecule has 0 unspecified atom stereocenters. The Morgan fingerprint density at radius 3 is 2.56 bits per heavy atom. The van der Waals surface area contributed by atoms with E-state index < -0.39 is 0 Å². The van der Waals surface area contributed by atoms with Gasteiger partial charge in [0.25, 0.3) is 5.91 Å². The summed E-state index contributed by atoms with van der Waals surface area (Å²) in [6.07, 6.45) is 3.66. The molecule has 0 saturated carbocycles. The fourth-order valence-corrected chi connectivity index (χ4v) is 4.93. The molecule has 4 rings (SSSR count). The Morgan fingerprint density at radius 2 is 1.81 bits per heavy atom. The number of carbonyl (C=O) groups is 1. The maximum absolute atomic E-state index is 12.4. The van der Waals surface area contributed by atoms with Gasteiger partial charge in [0.1, 0.15) is 11.0 Å². The van der Waals surface area contributed by atoms with Gasteiger partial charge in [-0.2, -0.15) is 0 Å². The van der Waals surface area contributed by atoms with Crippen LogP contribution in [0.4, 0.5) is 5.82 Å². The molecule has 1 aromatic carbocycles. The number of morpholine rings is 1. The predicted octanol–water partition coefficient (Wildman–Crippen LogP) is 3.47. The molecule has 32 heavy (non-hydrogen) atoms. The molecule has 1 amide bonds. The predicted molar refractivity (Wildman–Crippen MR) is 129 cm³/mol. The highest BCUT2D eigenvalue weighted by Gasteiger charge is 2.15. The molecule has 1 N–H and O–H groups in total. The van der Waals surface area contributed by atoms with Crippen LogP contribution in [0.25, 0.3) is 0 Å². The highest BCUT2D eigenvalue weighted by molar-refractivity contribution is 7.98. The molecule has 3 heterocycles. The molecule has 2 aliphatic rings. The third-order valence-corrected chi connectivity index (χ3v) is 6.85. The van der Waals surface area contributed by atoms with Gasteiger partial charge in [-0.1, -0.05) is 35.5 Å². The van der Waals surface area contributed by atoms with Gasteiger partial charge >= 0.3 is 0 Å². The second kappa shape index (κ2) is 11.8. The van der Waals surface area contributed by atoms with Gasteiger partial charge in [-0.3, -0.25) is 9.69 Å². The Morgan fingerprint density at radius 1 is 1.06 bits per heavy atom. The Kier molecular flexibility index (Phi) is 8.62. The van der Waals surface area contributed by atoms with Crippen molar-refractivity contribution in [3.8, 4) is 0 Å². The van der Waals surface area contributed by atoms with Gasteiger partial charge in [-0.25, -0.2) is 9.97 Å². The van der Waals surface area contributed by atoms with Crippen LogP contribution >= 0.6 is 23.4 Å². The van der Waals surface area contributed by atoms with Crippen LogP contribution in [0.1, 0.15) is 35.2 Å². The quantitative estimate of drug-likeness (QED) is 0.356. The van der Waals surface area contributed by atoms with Gasteiger partial charge in [0, 0.05) is 56.7 Å². The topological polar surface area (TPSA) is 70.6 Å². The average molecular weight is 476 g/mol. The molecule has 2 fully saturated rings. The Labute approximate surface area is 198 Å². The van der Waals surface area contributed by atoms with Gasteiger partial charge in [-0.05, 0) is 37.0 Å². The number of aromatic nitrogens is 2. The fraction of sp³-hybridized carbons (Fsp3) is 0.522. The number of hydrogen-bond donors (Lipinski definition) is 1. The third-order valence-electron chi connectivity index (χ3n) is 5.74. The largest absolute Gasteiger partial charge is 0.379 e. The Hall–Kier alpha value is -1.87. The monoisotopic (exact) mass is 475 g/mol. The minimum absolute atomic E-state index is 0.0400. The van der Waals surface area contributed by atoms with E-state index in [0.717, 1.165) is 63.1 Å². The second-order valence-corrected chi connectivity index (χ2v) is 9.40. The van der Waals surface area contributed by atoms with Crippen molar-refractivity contribution in [1.29, 1.82) is 0 Å². The summed E-state index contributed by atoms with van der Waals surface area (Å²) < 4.78 is 5.35. The number of thioether (sulfide) groups is 1. The summed E-state index contributed by atoms with van der Waals surface area (Å²) in [6, 6.07) is 9.57. The van der Waals surface area contributed by atoms with E-state index in [0.29, 0.717) is 22.4 Å². The summed E-state index contributed by atoms with van der Waals surface area (Å²) in [5, 5.41) is 4.16. The van der Waals surface area contributed by atoms with Gasteiger partial charge in [0.2, 0.25) is 0 Å². The summed E-state index contributed by atoms with van der Waals surface area (Å²) in [6.45, 7) is 6.93. The van der Waals surface area contributed by atoms with Crippen LogP contribution in [0.3, 0.4) is 0 Å². The highest BCUT2D eigenvalue weighted by Crippen LogP contribution is 2.26. The van der Waals surface area contributed by atoms with E-state index in [2.05, 4.69) is 20.1 Å². The number of ether oxygens (including phenoxy) is 1. The summed E-state index contributed by atoms with van der Waals surface area (Å²) in [5.41, 5.74) is 1.79. The van der Waals surface area contributed by atoms with Crippen LogP contribution in [0.15, 0.2) is 35.5 Å². The lowest BCUT2D eigenvalue weighted by Crippen LogP contribution is -2.41. The van der Waals surface area contributed by atoms with Crippen LogP contribution in [0, 0.1) is 0 Å². The molecule has 0 atom stereocenters. The first-order chi connectivity index (χ1) is 15.7. The lowest BCUT2D eigenvalue weighted by molar-refractivity contribution is 0.0383. The second-order valence-electron chi connectivity index (χ2n) is 8.07. The number of rotatable bonds is 8. The average Bonchev–Trinajstić information content (AvgIpc) is 2.84. The van der Waals surface area contributed by atoms with E-state index in [-0.39, 0.29) is 5.91 Å². The number of amides is 1. The van der Waals surface area contributed by atoms with Gasteiger partial charge < -0.3 is 15.0 Å². The fourth-order valence-electron chi connectivity index (χ4n) is 3.89. The van der Waals surface area contributed by atoms with E-state index in [1.807, 2.05) is 30.3 Å². The van der Waals surface area contributed by atoms with Crippen molar-refractivity contribution in [1.82, 2.24) is 20.2 Å². The van der Waals surface area contributed by atoms with Crippen molar-refractivity contribution in [3.63, 3.8) is 0 Å². The van der Waals surface area contributed by atoms with E-state index in [9.17, 15) is 4.79 Å². The van der Waals surface area contributed by atoms with E-state index in [1.54, 1.807) is 11.8 Å². The first-order valence-corrected chi connectivity index (χ1v) is 12.6. The van der Waals surface area contributed by atoms with Crippen molar-refractivity contribution in [2.24, 2.45) is 0 Å². The molecule has 0 aliphatic carbocycles. The van der Waals surface area contributed by atoms with Crippen molar-refractivity contribution in [2.75, 3.05) is 57.4 Å². The minimum atomic E-state index is -0.0400. The number of piperidine rings is 1. The first-order valence-electron chi connectivity index (χ1n) is 11.3. The molecule has 2 aromatic rings. The number of carbonyl (C=O) groups excluding carboxylic acids is 1. The zero-order valence-corrected chi connectivity index (χ0v) is 19.8. The molecule has 1 aromatic heterocycles. The maximum atomic E-state index is 12.4. The zero-order chi connectivity index (χ0) is 22.2. The summed E-state index contributed by atoms with van der Waals surface area (Å²) in [5.74, 6) is 1.59. The molecule has 2 aliphatic heterocycles. The first kappa shape index (κ1) is 23.3. The Balaban J connectivity index is 1.26. The molecule has 2 saturated heterocycles. The normalized spacial score (nSPS) is 17.3. The number of nitrogens with zero attached hydrogens (tertiary/aromatic N) is 4. The molecular formula is C23H30ClN5O2S. The molecule has 172 valence electrons. The summed E-state index contributed by atoms with van der Waals surface area (Å²) in [7, 11) is 0. The molecule has 7 nitrogen and oxygen atoms in total. The van der Waals surface area contributed by atoms with Crippen molar-refractivity contribution >= 4 is 35.1 Å². The summed E-state index contributed by atoms with van der Waals surface area (Å²) >= 11 is 7.81. The lowest BCUT2D eigenvalue weighted by atomic mass is 10.1. The minimum Gasteiger partial charge on any atom is -0.379 e. The number of nitrogens with one attached hydrogen (secondary N) is 1. The van der Waals surface area contributed by atoms with Crippen LogP contribution in [-0.2, 0) is 10.5 Å². The van der Waals surface area contributed by atoms with Crippen LogP contribution in [-0.4, -0.2) is 73.3 Å². The molecule has 0 bridgehead atoms. The lowest BCUT2D eigenvalue weighted by Gasteiger charge is -2.27. The van der Waals surface area contributed by atoms with Gasteiger partial charge in [-0.15, -0.1) is 0 Å². The van der Waals surface area contributed by atoms with Gasteiger partial charge in [0.05, 0.1) is 13.2 Å². The third kappa shape index (κ3) is 6.81. The SMILES string of the molecule is O=C(NCCN1CCOCC1)c1ccc(CSc2nc(Cl)cc(N3CCCCC3)n2)cc1. The van der Waals surface area contributed by atoms with Crippen LogP contribution in [0.5, 0.6) is 0 Å². The molecule has 0 spiro atoms.